The summed E-state index contributed by atoms with van der Waals surface area (Å²) in [6.07, 6.45) is 3.94. The molecule has 1 aromatic heterocycles. The molecular formula is C14H21N3O2. The van der Waals surface area contributed by atoms with E-state index in [2.05, 4.69) is 10.3 Å². The molecular weight excluding hydrogens is 242 g/mol. The van der Waals surface area contributed by atoms with Crippen molar-refractivity contribution in [2.75, 3.05) is 0 Å². The summed E-state index contributed by atoms with van der Waals surface area (Å²) >= 11 is 0. The third-order valence-corrected chi connectivity index (χ3v) is 3.43. The summed E-state index contributed by atoms with van der Waals surface area (Å²) in [6.45, 7) is 5.59. The summed E-state index contributed by atoms with van der Waals surface area (Å²) in [6, 6.07) is 3.59. The zero-order valence-electron chi connectivity index (χ0n) is 11.6. The van der Waals surface area contributed by atoms with Crippen LogP contribution in [0, 0.1) is 5.92 Å². The van der Waals surface area contributed by atoms with Crippen molar-refractivity contribution in [1.29, 1.82) is 0 Å². The number of nitrogens with one attached hydrogen (secondary N) is 1. The second kappa shape index (κ2) is 6.31. The summed E-state index contributed by atoms with van der Waals surface area (Å²) in [5.74, 6) is -0.778. The molecule has 0 unspecified atom stereocenters. The molecule has 104 valence electrons. The number of carbonyl (C=O) groups is 2. The summed E-state index contributed by atoms with van der Waals surface area (Å²) in [7, 11) is 0. The maximum absolute atomic E-state index is 12.0. The van der Waals surface area contributed by atoms with Crippen molar-refractivity contribution in [2.24, 2.45) is 11.7 Å². The van der Waals surface area contributed by atoms with Crippen LogP contribution in [0.25, 0.3) is 0 Å². The summed E-state index contributed by atoms with van der Waals surface area (Å²) in [5, 5.41) is 2.79. The van der Waals surface area contributed by atoms with Crippen LogP contribution >= 0.6 is 0 Å². The lowest BCUT2D eigenvalue weighted by Gasteiger charge is -2.34. The number of aromatic nitrogens is 1. The van der Waals surface area contributed by atoms with Crippen LogP contribution in [0.15, 0.2) is 24.5 Å². The highest BCUT2D eigenvalue weighted by molar-refractivity contribution is 5.91. The van der Waals surface area contributed by atoms with E-state index in [1.807, 2.05) is 26.8 Å². The fourth-order valence-electron chi connectivity index (χ4n) is 2.14. The Balaban J connectivity index is 2.80. The van der Waals surface area contributed by atoms with Gasteiger partial charge in [-0.2, -0.15) is 0 Å². The molecule has 0 spiro atoms. The van der Waals surface area contributed by atoms with Gasteiger partial charge >= 0.3 is 0 Å². The van der Waals surface area contributed by atoms with Crippen molar-refractivity contribution in [3.63, 3.8) is 0 Å². The number of primary amides is 1. The lowest BCUT2D eigenvalue weighted by atomic mass is 9.83. The van der Waals surface area contributed by atoms with E-state index in [1.165, 1.54) is 0 Å². The summed E-state index contributed by atoms with van der Waals surface area (Å²) in [4.78, 5) is 27.7. The number of nitrogens with two attached hydrogens (primary N) is 1. The van der Waals surface area contributed by atoms with Gasteiger partial charge in [0.15, 0.2) is 0 Å². The zero-order chi connectivity index (χ0) is 14.5. The second-order valence-electron chi connectivity index (χ2n) is 4.93. The summed E-state index contributed by atoms with van der Waals surface area (Å²) < 4.78 is 0. The van der Waals surface area contributed by atoms with E-state index < -0.39 is 11.4 Å². The number of nitrogens with zero attached hydrogens (tertiary/aromatic N) is 1. The minimum absolute atomic E-state index is 0.0622. The topological polar surface area (TPSA) is 85.1 Å². The van der Waals surface area contributed by atoms with E-state index in [1.54, 1.807) is 18.5 Å². The SMILES string of the molecule is CC[C@](NC(=O)Cc1cccnc1)(C(N)=O)C(C)C. The predicted molar refractivity (Wildman–Crippen MR) is 73.1 cm³/mol. The van der Waals surface area contributed by atoms with Crippen molar-refractivity contribution in [3.8, 4) is 0 Å². The second-order valence-corrected chi connectivity index (χ2v) is 4.93. The predicted octanol–water partition coefficient (Wildman–Crippen LogP) is 1.03. The Kier molecular flexibility index (Phi) is 5.03. The third kappa shape index (κ3) is 3.53. The average molecular weight is 263 g/mol. The highest BCUT2D eigenvalue weighted by atomic mass is 16.2. The van der Waals surface area contributed by atoms with Gasteiger partial charge in [0.2, 0.25) is 11.8 Å². The Morgan fingerprint density at radius 1 is 1.47 bits per heavy atom. The van der Waals surface area contributed by atoms with Crippen LogP contribution in [-0.2, 0) is 16.0 Å². The molecule has 0 aliphatic rings. The van der Waals surface area contributed by atoms with E-state index in [0.717, 1.165) is 5.56 Å². The van der Waals surface area contributed by atoms with Gasteiger partial charge in [0, 0.05) is 12.4 Å². The monoisotopic (exact) mass is 263 g/mol. The summed E-state index contributed by atoms with van der Waals surface area (Å²) in [5.41, 5.74) is 5.28. The third-order valence-electron chi connectivity index (χ3n) is 3.43. The van der Waals surface area contributed by atoms with E-state index >= 15 is 0 Å². The van der Waals surface area contributed by atoms with Crippen LogP contribution in [-0.4, -0.2) is 22.3 Å². The van der Waals surface area contributed by atoms with E-state index in [-0.39, 0.29) is 18.2 Å². The average Bonchev–Trinajstić information content (AvgIpc) is 2.36. The van der Waals surface area contributed by atoms with Crippen molar-refractivity contribution < 1.29 is 9.59 Å². The van der Waals surface area contributed by atoms with Crippen molar-refractivity contribution in [3.05, 3.63) is 30.1 Å². The minimum atomic E-state index is -0.987. The molecule has 0 saturated heterocycles. The minimum Gasteiger partial charge on any atom is -0.368 e. The number of hydrogen-bond acceptors (Lipinski definition) is 3. The molecule has 19 heavy (non-hydrogen) atoms. The Morgan fingerprint density at radius 2 is 2.16 bits per heavy atom. The van der Waals surface area contributed by atoms with Gasteiger partial charge < -0.3 is 11.1 Å². The molecule has 0 fully saturated rings. The normalized spacial score (nSPS) is 13.9. The zero-order valence-corrected chi connectivity index (χ0v) is 11.6. The molecule has 0 radical (unpaired) electrons. The smallest absolute Gasteiger partial charge is 0.243 e. The highest BCUT2D eigenvalue weighted by Gasteiger charge is 2.39. The molecule has 1 rings (SSSR count). The van der Waals surface area contributed by atoms with Crippen LogP contribution in [0.2, 0.25) is 0 Å². The van der Waals surface area contributed by atoms with Crippen molar-refractivity contribution >= 4 is 11.8 Å². The molecule has 1 heterocycles. The molecule has 3 N–H and O–H groups in total. The van der Waals surface area contributed by atoms with Gasteiger partial charge in [-0.15, -0.1) is 0 Å². The van der Waals surface area contributed by atoms with Crippen LogP contribution in [0.3, 0.4) is 0 Å². The van der Waals surface area contributed by atoms with E-state index in [4.69, 9.17) is 5.73 Å². The van der Waals surface area contributed by atoms with Gasteiger partial charge in [-0.1, -0.05) is 26.8 Å². The number of pyridine rings is 1. The van der Waals surface area contributed by atoms with Gasteiger partial charge in [0.05, 0.1) is 6.42 Å². The first-order valence-electron chi connectivity index (χ1n) is 6.42. The number of amides is 2. The standard InChI is InChI=1S/C14H21N3O2/c1-4-14(10(2)3,13(15)19)17-12(18)8-11-6-5-7-16-9-11/h5-7,9-10H,4,8H2,1-3H3,(H2,15,19)(H,17,18)/t14-/m1/s1. The molecule has 0 saturated carbocycles. The van der Waals surface area contributed by atoms with Crippen LogP contribution in [0.4, 0.5) is 0 Å². The Labute approximate surface area is 113 Å². The van der Waals surface area contributed by atoms with E-state index in [9.17, 15) is 9.59 Å². The Bertz CT molecular complexity index is 445. The molecule has 0 aliphatic carbocycles. The quantitative estimate of drug-likeness (QED) is 0.804. The van der Waals surface area contributed by atoms with E-state index in [0.29, 0.717) is 6.42 Å². The number of rotatable bonds is 6. The van der Waals surface area contributed by atoms with Gasteiger partial charge in [-0.3, -0.25) is 14.6 Å². The van der Waals surface area contributed by atoms with Crippen LogP contribution in [0.1, 0.15) is 32.8 Å². The van der Waals surface area contributed by atoms with Crippen LogP contribution < -0.4 is 11.1 Å². The molecule has 0 aliphatic heterocycles. The largest absolute Gasteiger partial charge is 0.368 e. The van der Waals surface area contributed by atoms with Crippen molar-refractivity contribution in [1.82, 2.24) is 10.3 Å². The lowest BCUT2D eigenvalue weighted by molar-refractivity contribution is -0.133. The lowest BCUT2D eigenvalue weighted by Crippen LogP contribution is -2.60. The fraction of sp³-hybridized carbons (Fsp3) is 0.500. The van der Waals surface area contributed by atoms with Crippen LogP contribution in [0.5, 0.6) is 0 Å². The molecule has 2 amide bonds. The Morgan fingerprint density at radius 3 is 2.58 bits per heavy atom. The molecule has 5 heteroatoms. The fourth-order valence-corrected chi connectivity index (χ4v) is 2.14. The maximum Gasteiger partial charge on any atom is 0.243 e. The number of carbonyl (C=O) groups excluding carboxylic acids is 2. The van der Waals surface area contributed by atoms with Gasteiger partial charge in [0.1, 0.15) is 5.54 Å². The molecule has 1 aromatic rings. The van der Waals surface area contributed by atoms with Crippen molar-refractivity contribution in [2.45, 2.75) is 39.2 Å². The number of hydrogen-bond donors (Lipinski definition) is 2. The maximum atomic E-state index is 12.0. The highest BCUT2D eigenvalue weighted by Crippen LogP contribution is 2.21. The first-order valence-corrected chi connectivity index (χ1v) is 6.42. The first kappa shape index (κ1) is 15.1. The first-order chi connectivity index (χ1) is 8.92. The van der Waals surface area contributed by atoms with Gasteiger partial charge in [0.25, 0.3) is 0 Å². The molecule has 0 aromatic carbocycles. The Hall–Kier alpha value is -1.91. The molecule has 5 nitrogen and oxygen atoms in total. The molecule has 1 atom stereocenters. The molecule has 0 bridgehead atoms. The van der Waals surface area contributed by atoms with Gasteiger partial charge in [-0.25, -0.2) is 0 Å². The van der Waals surface area contributed by atoms with Gasteiger partial charge in [-0.05, 0) is 24.0 Å².